The third-order valence-corrected chi connectivity index (χ3v) is 3.68. The smallest absolute Gasteiger partial charge is 0.287 e. The summed E-state index contributed by atoms with van der Waals surface area (Å²) in [4.78, 5) is 22.3. The lowest BCUT2D eigenvalue weighted by Crippen LogP contribution is -2.12. The van der Waals surface area contributed by atoms with Gasteiger partial charge in [0.25, 0.3) is 5.69 Å². The van der Waals surface area contributed by atoms with E-state index in [0.717, 1.165) is 6.20 Å². The van der Waals surface area contributed by atoms with E-state index in [4.69, 9.17) is 5.73 Å². The van der Waals surface area contributed by atoms with E-state index in [1.54, 1.807) is 30.6 Å². The Bertz CT molecular complexity index is 934. The molecule has 0 radical (unpaired) electrons. The zero-order valence-corrected chi connectivity index (χ0v) is 14.1. The Morgan fingerprint density at radius 1 is 1.19 bits per heavy atom. The van der Waals surface area contributed by atoms with Gasteiger partial charge in [0.1, 0.15) is 12.0 Å². The summed E-state index contributed by atoms with van der Waals surface area (Å²) < 4.78 is 0. The van der Waals surface area contributed by atoms with Crippen molar-refractivity contribution in [2.45, 2.75) is 12.8 Å². The van der Waals surface area contributed by atoms with Crippen molar-refractivity contribution in [3.05, 3.63) is 76.5 Å². The number of nitrogen functional groups attached to an aromatic ring is 1. The summed E-state index contributed by atoms with van der Waals surface area (Å²) >= 11 is 0. The van der Waals surface area contributed by atoms with Gasteiger partial charge in [-0.1, -0.05) is 0 Å². The number of nitrogens with one attached hydrogen (secondary N) is 2. The average Bonchev–Trinajstić information content (AvgIpc) is 2.68. The third-order valence-electron chi connectivity index (χ3n) is 3.68. The number of nitro groups is 1. The minimum absolute atomic E-state index is 0.141. The monoisotopic (exact) mass is 367 g/mol. The van der Waals surface area contributed by atoms with E-state index < -0.39 is 11.2 Å². The van der Waals surface area contributed by atoms with Crippen molar-refractivity contribution < 1.29 is 10.0 Å². The highest BCUT2D eigenvalue weighted by Gasteiger charge is 2.12. The molecule has 0 saturated carbocycles. The lowest BCUT2D eigenvalue weighted by atomic mass is 10.2. The fraction of sp³-hybridized carbons (Fsp3) is 0.118. The van der Waals surface area contributed by atoms with E-state index in [-0.39, 0.29) is 11.4 Å². The van der Waals surface area contributed by atoms with Crippen LogP contribution in [-0.4, -0.2) is 25.0 Å². The van der Waals surface area contributed by atoms with Gasteiger partial charge in [-0.2, -0.15) is 0 Å². The highest BCUT2D eigenvalue weighted by Crippen LogP contribution is 2.19. The molecule has 27 heavy (non-hydrogen) atoms. The van der Waals surface area contributed by atoms with Gasteiger partial charge in [-0.05, 0) is 30.3 Å². The first kappa shape index (κ1) is 18.0. The SMILES string of the molecule is Nc1ncccc1NCc1cc(NC(O)c2ccc([N+](=O)[O-])cn2)ccn1. The van der Waals surface area contributed by atoms with Crippen molar-refractivity contribution in [1.29, 1.82) is 0 Å². The number of hydrogen-bond donors (Lipinski definition) is 4. The molecule has 1 atom stereocenters. The summed E-state index contributed by atoms with van der Waals surface area (Å²) in [7, 11) is 0. The second kappa shape index (κ2) is 8.06. The first-order valence-electron chi connectivity index (χ1n) is 7.97. The summed E-state index contributed by atoms with van der Waals surface area (Å²) in [6.45, 7) is 0.414. The van der Waals surface area contributed by atoms with E-state index in [9.17, 15) is 15.2 Å². The van der Waals surface area contributed by atoms with Gasteiger partial charge in [0.05, 0.1) is 28.5 Å². The second-order valence-electron chi connectivity index (χ2n) is 5.57. The molecule has 3 rings (SSSR count). The van der Waals surface area contributed by atoms with Gasteiger partial charge in [0, 0.05) is 24.1 Å². The van der Waals surface area contributed by atoms with E-state index in [1.807, 2.05) is 6.07 Å². The molecule has 10 nitrogen and oxygen atoms in total. The lowest BCUT2D eigenvalue weighted by Gasteiger charge is -2.14. The van der Waals surface area contributed by atoms with Gasteiger partial charge < -0.3 is 21.5 Å². The molecule has 3 heterocycles. The lowest BCUT2D eigenvalue weighted by molar-refractivity contribution is -0.385. The molecule has 0 aliphatic carbocycles. The number of pyridine rings is 3. The maximum Gasteiger partial charge on any atom is 0.287 e. The normalized spacial score (nSPS) is 11.6. The molecule has 0 fully saturated rings. The Morgan fingerprint density at radius 3 is 2.74 bits per heavy atom. The molecule has 5 N–H and O–H groups in total. The van der Waals surface area contributed by atoms with Crippen LogP contribution in [0.4, 0.5) is 22.9 Å². The predicted octanol–water partition coefficient (Wildman–Crippen LogP) is 2.08. The van der Waals surface area contributed by atoms with Crippen LogP contribution >= 0.6 is 0 Å². The largest absolute Gasteiger partial charge is 0.382 e. The fourth-order valence-corrected chi connectivity index (χ4v) is 2.32. The van der Waals surface area contributed by atoms with Gasteiger partial charge in [0.15, 0.2) is 6.23 Å². The van der Waals surface area contributed by atoms with Crippen LogP contribution in [0.5, 0.6) is 0 Å². The van der Waals surface area contributed by atoms with E-state index in [0.29, 0.717) is 29.4 Å². The number of anilines is 3. The molecular weight excluding hydrogens is 350 g/mol. The Kier molecular flexibility index (Phi) is 5.38. The molecular formula is C17H17N7O3. The Labute approximate surface area is 154 Å². The highest BCUT2D eigenvalue weighted by atomic mass is 16.6. The zero-order valence-electron chi connectivity index (χ0n) is 14.1. The average molecular weight is 367 g/mol. The van der Waals surface area contributed by atoms with Gasteiger partial charge >= 0.3 is 0 Å². The molecule has 0 saturated heterocycles. The molecule has 0 aliphatic heterocycles. The van der Waals surface area contributed by atoms with Crippen molar-refractivity contribution in [3.8, 4) is 0 Å². The van der Waals surface area contributed by atoms with Crippen molar-refractivity contribution in [2.24, 2.45) is 0 Å². The molecule has 3 aromatic heterocycles. The van der Waals surface area contributed by atoms with Crippen LogP contribution in [-0.2, 0) is 6.54 Å². The van der Waals surface area contributed by atoms with Gasteiger partial charge in [0.2, 0.25) is 0 Å². The maximum absolute atomic E-state index is 10.7. The zero-order chi connectivity index (χ0) is 19.2. The van der Waals surface area contributed by atoms with E-state index >= 15 is 0 Å². The van der Waals surface area contributed by atoms with Crippen LogP contribution in [0, 0.1) is 10.1 Å². The number of hydrogen-bond acceptors (Lipinski definition) is 9. The van der Waals surface area contributed by atoms with Crippen molar-refractivity contribution in [1.82, 2.24) is 15.0 Å². The van der Waals surface area contributed by atoms with Crippen molar-refractivity contribution in [3.63, 3.8) is 0 Å². The molecule has 1 unspecified atom stereocenters. The topological polar surface area (TPSA) is 152 Å². The van der Waals surface area contributed by atoms with Crippen molar-refractivity contribution >= 4 is 22.9 Å². The number of nitrogens with zero attached hydrogens (tertiary/aromatic N) is 4. The van der Waals surface area contributed by atoms with Crippen LogP contribution in [0.25, 0.3) is 0 Å². The number of aliphatic hydroxyl groups is 1. The van der Waals surface area contributed by atoms with E-state index in [2.05, 4.69) is 25.6 Å². The summed E-state index contributed by atoms with van der Waals surface area (Å²) in [6.07, 6.45) is 3.18. The summed E-state index contributed by atoms with van der Waals surface area (Å²) in [5.74, 6) is 0.395. The maximum atomic E-state index is 10.7. The molecule has 0 aliphatic rings. The minimum Gasteiger partial charge on any atom is -0.382 e. The number of nitrogens with two attached hydrogens (primary N) is 1. The Hall–Kier alpha value is -3.79. The molecule has 0 bridgehead atoms. The van der Waals surface area contributed by atoms with Crippen molar-refractivity contribution in [2.75, 3.05) is 16.4 Å². The van der Waals surface area contributed by atoms with E-state index in [1.165, 1.54) is 12.1 Å². The number of aliphatic hydroxyl groups excluding tert-OH is 1. The fourth-order valence-electron chi connectivity index (χ4n) is 2.32. The predicted molar refractivity (Wildman–Crippen MR) is 99.7 cm³/mol. The number of rotatable bonds is 7. The van der Waals surface area contributed by atoms with Gasteiger partial charge in [-0.25, -0.2) is 9.97 Å². The first-order chi connectivity index (χ1) is 13.0. The van der Waals surface area contributed by atoms with Crippen LogP contribution in [0.1, 0.15) is 17.6 Å². The molecule has 138 valence electrons. The van der Waals surface area contributed by atoms with Gasteiger partial charge in [-0.15, -0.1) is 0 Å². The number of aromatic nitrogens is 3. The third kappa shape index (κ3) is 4.64. The summed E-state index contributed by atoms with van der Waals surface area (Å²) in [5, 5.41) is 26.9. The Balaban J connectivity index is 1.64. The molecule has 3 aromatic rings. The Morgan fingerprint density at radius 2 is 2.04 bits per heavy atom. The molecule has 0 aromatic carbocycles. The van der Waals surface area contributed by atoms with Crippen LogP contribution < -0.4 is 16.4 Å². The summed E-state index contributed by atoms with van der Waals surface area (Å²) in [6, 6.07) is 9.72. The molecule has 0 amide bonds. The highest BCUT2D eigenvalue weighted by molar-refractivity contribution is 5.61. The second-order valence-corrected chi connectivity index (χ2v) is 5.57. The van der Waals surface area contributed by atoms with Crippen LogP contribution in [0.15, 0.2) is 55.0 Å². The quantitative estimate of drug-likeness (QED) is 0.279. The van der Waals surface area contributed by atoms with Crippen LogP contribution in [0.2, 0.25) is 0 Å². The van der Waals surface area contributed by atoms with Crippen LogP contribution in [0.3, 0.4) is 0 Å². The molecule has 10 heteroatoms. The summed E-state index contributed by atoms with van der Waals surface area (Å²) in [5.41, 5.74) is 7.94. The standard InChI is InChI=1S/C17H17N7O3/c18-16-14(2-1-6-20-16)21-9-12-8-11(5-7-19-12)23-17(25)15-4-3-13(10-22-15)24(26)27/h1-8,10,17,21,25H,9H2,(H2,18,20)(H,19,23). The first-order valence-corrected chi connectivity index (χ1v) is 7.97. The van der Waals surface area contributed by atoms with Gasteiger partial charge in [-0.3, -0.25) is 15.1 Å². The molecule has 0 spiro atoms. The minimum atomic E-state index is -1.12.